The number of H-pyrrole nitrogens is 1. The van der Waals surface area contributed by atoms with Crippen LogP contribution < -0.4 is 10.6 Å². The molecule has 136 valence electrons. The van der Waals surface area contributed by atoms with Crippen molar-refractivity contribution in [3.05, 3.63) is 65.4 Å². The second kappa shape index (κ2) is 8.09. The highest BCUT2D eigenvalue weighted by Crippen LogP contribution is 2.27. The van der Waals surface area contributed by atoms with Gasteiger partial charge in [0.05, 0.1) is 6.54 Å². The van der Waals surface area contributed by atoms with E-state index in [-0.39, 0.29) is 5.91 Å². The third kappa shape index (κ3) is 4.07. The van der Waals surface area contributed by atoms with Crippen molar-refractivity contribution < 1.29 is 4.79 Å². The van der Waals surface area contributed by atoms with E-state index in [1.807, 2.05) is 18.3 Å². The lowest BCUT2D eigenvalue weighted by Gasteiger charge is -2.17. The predicted octanol–water partition coefficient (Wildman–Crippen LogP) is 4.37. The molecule has 3 N–H and O–H groups in total. The highest BCUT2D eigenvalue weighted by atomic mass is 16.1. The van der Waals surface area contributed by atoms with Gasteiger partial charge in [-0.15, -0.1) is 0 Å². The predicted molar refractivity (Wildman–Crippen MR) is 109 cm³/mol. The summed E-state index contributed by atoms with van der Waals surface area (Å²) in [4.78, 5) is 15.5. The van der Waals surface area contributed by atoms with Crippen molar-refractivity contribution in [3.8, 4) is 0 Å². The molecule has 4 heteroatoms. The van der Waals surface area contributed by atoms with Gasteiger partial charge in [-0.2, -0.15) is 0 Å². The van der Waals surface area contributed by atoms with Gasteiger partial charge in [-0.05, 0) is 42.0 Å². The molecule has 0 spiro atoms. The summed E-state index contributed by atoms with van der Waals surface area (Å²) >= 11 is 0. The fourth-order valence-electron chi connectivity index (χ4n) is 3.32. The molecule has 0 atom stereocenters. The van der Waals surface area contributed by atoms with Crippen molar-refractivity contribution in [3.63, 3.8) is 0 Å². The van der Waals surface area contributed by atoms with E-state index in [1.54, 1.807) is 0 Å². The molecule has 0 saturated carbocycles. The van der Waals surface area contributed by atoms with Crippen molar-refractivity contribution >= 4 is 22.5 Å². The Bertz CT molecular complexity index is 895. The number of hydrogen-bond acceptors (Lipinski definition) is 2. The number of carbonyl (C=O) groups excluding carboxylic acids is 1. The Morgan fingerprint density at radius 2 is 1.92 bits per heavy atom. The Morgan fingerprint density at radius 3 is 2.73 bits per heavy atom. The number of carbonyl (C=O) groups is 1. The van der Waals surface area contributed by atoms with Crippen LogP contribution in [0.5, 0.6) is 0 Å². The first-order valence-electron chi connectivity index (χ1n) is 9.21. The zero-order chi connectivity index (χ0) is 18.5. The van der Waals surface area contributed by atoms with Gasteiger partial charge in [0.15, 0.2) is 0 Å². The highest BCUT2D eigenvalue weighted by molar-refractivity contribution is 5.83. The Hall–Kier alpha value is -2.75. The first-order valence-corrected chi connectivity index (χ1v) is 9.21. The molecule has 0 unspecified atom stereocenters. The van der Waals surface area contributed by atoms with Crippen molar-refractivity contribution in [1.29, 1.82) is 0 Å². The number of aromatic amines is 1. The van der Waals surface area contributed by atoms with E-state index in [2.05, 4.69) is 66.7 Å². The molecule has 1 heterocycles. The number of amides is 1. The molecule has 1 aromatic heterocycles. The second-order valence-corrected chi connectivity index (χ2v) is 7.01. The summed E-state index contributed by atoms with van der Waals surface area (Å²) in [6, 6.07) is 14.5. The summed E-state index contributed by atoms with van der Waals surface area (Å²) in [5.41, 5.74) is 5.86. The van der Waals surface area contributed by atoms with E-state index < -0.39 is 0 Å². The molecular formula is C22H27N3O. The van der Waals surface area contributed by atoms with Gasteiger partial charge in [0, 0.05) is 29.3 Å². The van der Waals surface area contributed by atoms with Gasteiger partial charge in [-0.3, -0.25) is 4.79 Å². The highest BCUT2D eigenvalue weighted by Gasteiger charge is 2.10. The Kier molecular flexibility index (Phi) is 5.61. The van der Waals surface area contributed by atoms with Crippen LogP contribution in [0.25, 0.3) is 10.9 Å². The number of fused-ring (bicyclic) bond motifs is 1. The largest absolute Gasteiger partial charge is 0.376 e. The van der Waals surface area contributed by atoms with Crippen LogP contribution in [0.15, 0.2) is 48.7 Å². The third-order valence-electron chi connectivity index (χ3n) is 4.74. The van der Waals surface area contributed by atoms with Crippen LogP contribution in [0.1, 0.15) is 36.5 Å². The van der Waals surface area contributed by atoms with E-state index in [0.29, 0.717) is 19.0 Å². The van der Waals surface area contributed by atoms with Crippen LogP contribution in [0.2, 0.25) is 0 Å². The average molecular weight is 349 g/mol. The van der Waals surface area contributed by atoms with E-state index in [1.165, 1.54) is 22.1 Å². The lowest BCUT2D eigenvalue weighted by molar-refractivity contribution is -0.119. The minimum absolute atomic E-state index is 0.0165. The van der Waals surface area contributed by atoms with Crippen molar-refractivity contribution in [2.24, 2.45) is 0 Å². The van der Waals surface area contributed by atoms with Crippen molar-refractivity contribution in [2.75, 3.05) is 18.4 Å². The molecule has 0 radical (unpaired) electrons. The molecule has 26 heavy (non-hydrogen) atoms. The van der Waals surface area contributed by atoms with Gasteiger partial charge in [0.2, 0.25) is 5.91 Å². The SMILES string of the molecule is Cc1cccc(C(C)C)c1NCC(=O)NCCc1c[nH]c2ccccc12. The standard InChI is InChI=1S/C22H27N3O/c1-15(2)18-9-6-7-16(3)22(18)25-14-21(26)23-12-11-17-13-24-20-10-5-4-8-19(17)20/h4-10,13,15,24-25H,11-12,14H2,1-3H3,(H,23,26). The molecule has 3 aromatic rings. The summed E-state index contributed by atoms with van der Waals surface area (Å²) in [5, 5.41) is 7.55. The van der Waals surface area contributed by atoms with Crippen LogP contribution in [-0.4, -0.2) is 24.0 Å². The minimum Gasteiger partial charge on any atom is -0.376 e. The minimum atomic E-state index is 0.0165. The molecule has 0 saturated heterocycles. The lowest BCUT2D eigenvalue weighted by atomic mass is 9.98. The van der Waals surface area contributed by atoms with Gasteiger partial charge in [0.1, 0.15) is 0 Å². The zero-order valence-electron chi connectivity index (χ0n) is 15.7. The van der Waals surface area contributed by atoms with Gasteiger partial charge in [-0.1, -0.05) is 50.2 Å². The maximum Gasteiger partial charge on any atom is 0.239 e. The molecular weight excluding hydrogens is 322 g/mol. The van der Waals surface area contributed by atoms with Crippen LogP contribution >= 0.6 is 0 Å². The summed E-state index contributed by atoms with van der Waals surface area (Å²) in [5.74, 6) is 0.435. The number of nitrogens with one attached hydrogen (secondary N) is 3. The second-order valence-electron chi connectivity index (χ2n) is 7.01. The van der Waals surface area contributed by atoms with Crippen molar-refractivity contribution in [2.45, 2.75) is 33.1 Å². The van der Waals surface area contributed by atoms with E-state index in [9.17, 15) is 4.79 Å². The van der Waals surface area contributed by atoms with Gasteiger partial charge in [0.25, 0.3) is 0 Å². The molecule has 1 amide bonds. The first-order chi connectivity index (χ1) is 12.6. The zero-order valence-corrected chi connectivity index (χ0v) is 15.7. The normalized spacial score (nSPS) is 11.1. The molecule has 4 nitrogen and oxygen atoms in total. The summed E-state index contributed by atoms with van der Waals surface area (Å²) in [6.07, 6.45) is 2.84. The average Bonchev–Trinajstić information content (AvgIpc) is 3.04. The number of para-hydroxylation sites is 2. The van der Waals surface area contributed by atoms with Gasteiger partial charge in [-0.25, -0.2) is 0 Å². The molecule has 0 bridgehead atoms. The Balaban J connectivity index is 1.52. The summed E-state index contributed by atoms with van der Waals surface area (Å²) in [7, 11) is 0. The molecule has 3 rings (SSSR count). The Labute approximate surface area is 155 Å². The molecule has 0 aliphatic carbocycles. The number of aromatic nitrogens is 1. The summed E-state index contributed by atoms with van der Waals surface area (Å²) < 4.78 is 0. The Morgan fingerprint density at radius 1 is 1.12 bits per heavy atom. The fraction of sp³-hybridized carbons (Fsp3) is 0.318. The van der Waals surface area contributed by atoms with Gasteiger partial charge >= 0.3 is 0 Å². The quantitative estimate of drug-likeness (QED) is 0.593. The third-order valence-corrected chi connectivity index (χ3v) is 4.74. The van der Waals surface area contributed by atoms with E-state index >= 15 is 0 Å². The molecule has 0 fully saturated rings. The monoisotopic (exact) mass is 349 g/mol. The van der Waals surface area contributed by atoms with Crippen LogP contribution in [0.3, 0.4) is 0 Å². The molecule has 2 aromatic carbocycles. The molecule has 0 aliphatic rings. The molecule has 0 aliphatic heterocycles. The maximum atomic E-state index is 12.2. The van der Waals surface area contributed by atoms with E-state index in [4.69, 9.17) is 0 Å². The number of benzene rings is 2. The topological polar surface area (TPSA) is 56.9 Å². The number of hydrogen-bond donors (Lipinski definition) is 3. The lowest BCUT2D eigenvalue weighted by Crippen LogP contribution is -2.31. The van der Waals surface area contributed by atoms with Gasteiger partial charge < -0.3 is 15.6 Å². The van der Waals surface area contributed by atoms with Crippen molar-refractivity contribution in [1.82, 2.24) is 10.3 Å². The summed E-state index contributed by atoms with van der Waals surface area (Å²) in [6.45, 7) is 7.33. The maximum absolute atomic E-state index is 12.2. The first kappa shape index (κ1) is 18.1. The number of anilines is 1. The number of aryl methyl sites for hydroxylation is 1. The van der Waals surface area contributed by atoms with E-state index in [0.717, 1.165) is 17.6 Å². The smallest absolute Gasteiger partial charge is 0.239 e. The number of rotatable bonds is 7. The van der Waals surface area contributed by atoms with Crippen LogP contribution in [-0.2, 0) is 11.2 Å². The van der Waals surface area contributed by atoms with Crippen LogP contribution in [0.4, 0.5) is 5.69 Å². The fourth-order valence-corrected chi connectivity index (χ4v) is 3.32. The van der Waals surface area contributed by atoms with Crippen LogP contribution in [0, 0.1) is 6.92 Å².